The fourth-order valence-corrected chi connectivity index (χ4v) is 2.83. The smallest absolute Gasteiger partial charge is 0.231 e. The molecule has 4 nitrogen and oxygen atoms in total. The van der Waals surface area contributed by atoms with Crippen molar-refractivity contribution in [2.24, 2.45) is 0 Å². The number of nitrogens with one attached hydrogen (secondary N) is 1. The molecule has 1 heterocycles. The second-order valence-electron chi connectivity index (χ2n) is 5.33. The van der Waals surface area contributed by atoms with Crippen LogP contribution >= 0.6 is 0 Å². The van der Waals surface area contributed by atoms with Crippen molar-refractivity contribution in [3.8, 4) is 11.5 Å². The summed E-state index contributed by atoms with van der Waals surface area (Å²) in [6, 6.07) is 6.08. The van der Waals surface area contributed by atoms with Gasteiger partial charge in [0, 0.05) is 18.2 Å². The molecule has 1 aromatic carbocycles. The van der Waals surface area contributed by atoms with Gasteiger partial charge in [-0.15, -0.1) is 0 Å². The molecule has 2 aliphatic rings. The molecule has 98 valence electrons. The van der Waals surface area contributed by atoms with E-state index < -0.39 is 5.60 Å². The Balaban J connectivity index is 1.69. The van der Waals surface area contributed by atoms with Crippen molar-refractivity contribution in [3.63, 3.8) is 0 Å². The van der Waals surface area contributed by atoms with Crippen LogP contribution in [0.5, 0.6) is 11.5 Å². The number of para-hydroxylation sites is 1. The van der Waals surface area contributed by atoms with E-state index in [9.17, 15) is 5.11 Å². The Morgan fingerprint density at radius 1 is 1.44 bits per heavy atom. The van der Waals surface area contributed by atoms with Gasteiger partial charge in [-0.2, -0.15) is 0 Å². The maximum absolute atomic E-state index is 10.2. The summed E-state index contributed by atoms with van der Waals surface area (Å²) < 4.78 is 10.8. The zero-order valence-electron chi connectivity index (χ0n) is 10.6. The second-order valence-corrected chi connectivity index (χ2v) is 5.33. The van der Waals surface area contributed by atoms with Crippen LogP contribution in [0.3, 0.4) is 0 Å². The lowest BCUT2D eigenvalue weighted by Gasteiger charge is -2.26. The number of fused-ring (bicyclic) bond motifs is 1. The number of hydrogen-bond acceptors (Lipinski definition) is 4. The maximum Gasteiger partial charge on any atom is 0.231 e. The lowest BCUT2D eigenvalue weighted by Crippen LogP contribution is -2.44. The van der Waals surface area contributed by atoms with Crippen LogP contribution in [-0.2, 0) is 6.54 Å². The average Bonchev–Trinajstić information content (AvgIpc) is 2.92. The van der Waals surface area contributed by atoms with Crippen LogP contribution in [-0.4, -0.2) is 23.5 Å². The molecular formula is C14H19NO3. The van der Waals surface area contributed by atoms with E-state index in [1.54, 1.807) is 0 Å². The molecule has 2 N–H and O–H groups in total. The topological polar surface area (TPSA) is 50.7 Å². The van der Waals surface area contributed by atoms with Crippen LogP contribution in [0, 0.1) is 0 Å². The maximum atomic E-state index is 10.2. The number of benzene rings is 1. The Morgan fingerprint density at radius 2 is 2.33 bits per heavy atom. The molecule has 0 saturated heterocycles. The Morgan fingerprint density at radius 3 is 3.11 bits per heavy atom. The van der Waals surface area contributed by atoms with Gasteiger partial charge in [0.25, 0.3) is 0 Å². The number of aliphatic hydroxyl groups is 1. The first-order valence-corrected chi connectivity index (χ1v) is 6.50. The van der Waals surface area contributed by atoms with Gasteiger partial charge in [-0.1, -0.05) is 12.1 Å². The molecule has 0 spiro atoms. The van der Waals surface area contributed by atoms with Gasteiger partial charge in [0.05, 0.1) is 5.60 Å². The molecule has 1 aliphatic heterocycles. The molecule has 3 rings (SSSR count). The minimum absolute atomic E-state index is 0.163. The standard InChI is InChI=1S/C14H19NO3/c1-14(16)7-3-6-12(14)15-8-10-4-2-5-11-13(10)18-9-17-11/h2,4-5,12,15-16H,3,6-9H2,1H3. The van der Waals surface area contributed by atoms with Gasteiger partial charge in [-0.25, -0.2) is 0 Å². The molecule has 2 atom stereocenters. The van der Waals surface area contributed by atoms with E-state index in [0.717, 1.165) is 36.3 Å². The van der Waals surface area contributed by atoms with Crippen molar-refractivity contribution >= 4 is 0 Å². The summed E-state index contributed by atoms with van der Waals surface area (Å²) in [6.07, 6.45) is 2.98. The lowest BCUT2D eigenvalue weighted by atomic mass is 10.0. The molecule has 18 heavy (non-hydrogen) atoms. The van der Waals surface area contributed by atoms with Crippen LogP contribution in [0.1, 0.15) is 31.7 Å². The van der Waals surface area contributed by atoms with Crippen LogP contribution < -0.4 is 14.8 Å². The first-order valence-electron chi connectivity index (χ1n) is 6.50. The van der Waals surface area contributed by atoms with Crippen molar-refractivity contribution in [1.29, 1.82) is 0 Å². The van der Waals surface area contributed by atoms with Crippen LogP contribution in [0.15, 0.2) is 18.2 Å². The quantitative estimate of drug-likeness (QED) is 0.857. The van der Waals surface area contributed by atoms with Crippen LogP contribution in [0.25, 0.3) is 0 Å². The molecular weight excluding hydrogens is 230 g/mol. The summed E-state index contributed by atoms with van der Waals surface area (Å²) in [4.78, 5) is 0. The van der Waals surface area contributed by atoms with E-state index >= 15 is 0 Å². The first-order chi connectivity index (χ1) is 8.67. The van der Waals surface area contributed by atoms with Crippen molar-refractivity contribution in [2.45, 2.75) is 44.4 Å². The molecule has 0 bridgehead atoms. The van der Waals surface area contributed by atoms with E-state index in [2.05, 4.69) is 5.32 Å². The molecule has 1 fully saturated rings. The molecule has 2 unspecified atom stereocenters. The van der Waals surface area contributed by atoms with Crippen molar-refractivity contribution < 1.29 is 14.6 Å². The Hall–Kier alpha value is -1.26. The van der Waals surface area contributed by atoms with Gasteiger partial charge in [-0.05, 0) is 32.3 Å². The van der Waals surface area contributed by atoms with E-state index in [4.69, 9.17) is 9.47 Å². The SMILES string of the molecule is CC1(O)CCCC1NCc1cccc2c1OCO2. The van der Waals surface area contributed by atoms with E-state index in [-0.39, 0.29) is 6.04 Å². The minimum atomic E-state index is -0.588. The Labute approximate surface area is 107 Å². The van der Waals surface area contributed by atoms with Crippen molar-refractivity contribution in [1.82, 2.24) is 5.32 Å². The van der Waals surface area contributed by atoms with Crippen molar-refractivity contribution in [3.05, 3.63) is 23.8 Å². The summed E-state index contributed by atoms with van der Waals surface area (Å²) in [5, 5.41) is 13.6. The Bertz CT molecular complexity index is 445. The fraction of sp³-hybridized carbons (Fsp3) is 0.571. The van der Waals surface area contributed by atoms with Gasteiger partial charge >= 0.3 is 0 Å². The molecule has 1 aromatic rings. The molecule has 4 heteroatoms. The summed E-state index contributed by atoms with van der Waals surface area (Å²) >= 11 is 0. The Kier molecular flexibility index (Phi) is 2.92. The number of ether oxygens (including phenoxy) is 2. The summed E-state index contributed by atoms with van der Waals surface area (Å²) in [7, 11) is 0. The molecule has 0 aromatic heterocycles. The highest BCUT2D eigenvalue weighted by atomic mass is 16.7. The fourth-order valence-electron chi connectivity index (χ4n) is 2.83. The zero-order valence-corrected chi connectivity index (χ0v) is 10.6. The van der Waals surface area contributed by atoms with Gasteiger partial charge in [0.2, 0.25) is 6.79 Å². The number of rotatable bonds is 3. The summed E-state index contributed by atoms with van der Waals surface area (Å²) in [6.45, 7) is 2.91. The average molecular weight is 249 g/mol. The van der Waals surface area contributed by atoms with E-state index in [1.165, 1.54) is 0 Å². The monoisotopic (exact) mass is 249 g/mol. The minimum Gasteiger partial charge on any atom is -0.454 e. The van der Waals surface area contributed by atoms with Crippen molar-refractivity contribution in [2.75, 3.05) is 6.79 Å². The third-order valence-corrected chi connectivity index (χ3v) is 3.94. The number of hydrogen-bond donors (Lipinski definition) is 2. The highest BCUT2D eigenvalue weighted by Gasteiger charge is 2.36. The third-order valence-electron chi connectivity index (χ3n) is 3.94. The lowest BCUT2D eigenvalue weighted by molar-refractivity contribution is 0.0386. The molecule has 0 amide bonds. The molecule has 1 aliphatic carbocycles. The van der Waals surface area contributed by atoms with Gasteiger partial charge in [0.1, 0.15) is 0 Å². The van der Waals surface area contributed by atoms with Gasteiger partial charge in [-0.3, -0.25) is 0 Å². The predicted octanol–water partition coefficient (Wildman–Crippen LogP) is 1.81. The normalized spacial score (nSPS) is 29.8. The molecule has 1 saturated carbocycles. The van der Waals surface area contributed by atoms with E-state index in [0.29, 0.717) is 13.3 Å². The van der Waals surface area contributed by atoms with Crippen LogP contribution in [0.4, 0.5) is 0 Å². The van der Waals surface area contributed by atoms with Crippen LogP contribution in [0.2, 0.25) is 0 Å². The second kappa shape index (κ2) is 4.44. The largest absolute Gasteiger partial charge is 0.454 e. The van der Waals surface area contributed by atoms with Gasteiger partial charge < -0.3 is 19.9 Å². The van der Waals surface area contributed by atoms with E-state index in [1.807, 2.05) is 25.1 Å². The predicted molar refractivity (Wildman–Crippen MR) is 67.7 cm³/mol. The third kappa shape index (κ3) is 2.06. The first kappa shape index (κ1) is 11.8. The summed E-state index contributed by atoms with van der Waals surface area (Å²) in [5.41, 5.74) is 0.502. The zero-order chi connectivity index (χ0) is 12.6. The van der Waals surface area contributed by atoms with Gasteiger partial charge in [0.15, 0.2) is 11.5 Å². The molecule has 0 radical (unpaired) electrons. The summed E-state index contributed by atoms with van der Waals surface area (Å²) in [5.74, 6) is 1.65. The highest BCUT2D eigenvalue weighted by Crippen LogP contribution is 2.36. The highest BCUT2D eigenvalue weighted by molar-refractivity contribution is 5.48.